The summed E-state index contributed by atoms with van der Waals surface area (Å²) in [6.07, 6.45) is 8.43. The topological polar surface area (TPSA) is 46.5 Å². The Balaban J connectivity index is 2.44. The van der Waals surface area contributed by atoms with Crippen LogP contribution in [0.2, 0.25) is 0 Å². The van der Waals surface area contributed by atoms with Crippen LogP contribution >= 0.6 is 0 Å². The third-order valence-electron chi connectivity index (χ3n) is 3.29. The molecule has 0 saturated heterocycles. The fourth-order valence-electron chi connectivity index (χ4n) is 2.12. The van der Waals surface area contributed by atoms with E-state index in [0.29, 0.717) is 0 Å². The van der Waals surface area contributed by atoms with E-state index in [4.69, 9.17) is 0 Å². The standard InChI is InChI=1S/C16H24O3/c1-3-4-5-6-7-8-9-13-10-11-15(17)14(12-13)16(18)19-2/h10-12,17H,3-9H2,1-2H3. The maximum Gasteiger partial charge on any atom is 0.341 e. The molecule has 1 rings (SSSR count). The molecule has 0 atom stereocenters. The molecule has 0 radical (unpaired) electrons. The lowest BCUT2D eigenvalue weighted by molar-refractivity contribution is 0.0597. The Hall–Kier alpha value is -1.51. The van der Waals surface area contributed by atoms with E-state index in [1.54, 1.807) is 12.1 Å². The van der Waals surface area contributed by atoms with Crippen molar-refractivity contribution in [1.29, 1.82) is 0 Å². The number of esters is 1. The van der Waals surface area contributed by atoms with Gasteiger partial charge in [0.1, 0.15) is 11.3 Å². The van der Waals surface area contributed by atoms with Gasteiger partial charge in [0.15, 0.2) is 0 Å². The van der Waals surface area contributed by atoms with Crippen LogP contribution in [0.1, 0.15) is 61.4 Å². The van der Waals surface area contributed by atoms with E-state index in [9.17, 15) is 9.90 Å². The summed E-state index contributed by atoms with van der Waals surface area (Å²) < 4.78 is 4.64. The molecule has 0 aliphatic carbocycles. The number of phenols is 1. The summed E-state index contributed by atoms with van der Waals surface area (Å²) in [5.74, 6) is -0.499. The van der Waals surface area contributed by atoms with Gasteiger partial charge in [-0.1, -0.05) is 45.1 Å². The molecule has 3 nitrogen and oxygen atoms in total. The van der Waals surface area contributed by atoms with Crippen LogP contribution in [0.15, 0.2) is 18.2 Å². The summed E-state index contributed by atoms with van der Waals surface area (Å²) >= 11 is 0. The molecular weight excluding hydrogens is 240 g/mol. The van der Waals surface area contributed by atoms with E-state index in [-0.39, 0.29) is 11.3 Å². The van der Waals surface area contributed by atoms with Crippen molar-refractivity contribution >= 4 is 5.97 Å². The van der Waals surface area contributed by atoms with Crippen LogP contribution in [0.5, 0.6) is 5.75 Å². The number of phenolic OH excluding ortho intramolecular Hbond substituents is 1. The lowest BCUT2D eigenvalue weighted by atomic mass is 10.0. The van der Waals surface area contributed by atoms with Crippen LogP contribution in [-0.4, -0.2) is 18.2 Å². The predicted octanol–water partition coefficient (Wildman–Crippen LogP) is 4.08. The van der Waals surface area contributed by atoms with Gasteiger partial charge in [-0.25, -0.2) is 4.79 Å². The number of hydrogen-bond donors (Lipinski definition) is 1. The van der Waals surface area contributed by atoms with Gasteiger partial charge >= 0.3 is 5.97 Å². The van der Waals surface area contributed by atoms with E-state index >= 15 is 0 Å². The summed E-state index contributed by atoms with van der Waals surface area (Å²) in [7, 11) is 1.32. The maximum absolute atomic E-state index is 11.5. The van der Waals surface area contributed by atoms with Gasteiger partial charge < -0.3 is 9.84 Å². The van der Waals surface area contributed by atoms with Crippen LogP contribution in [0.25, 0.3) is 0 Å². The van der Waals surface area contributed by atoms with Gasteiger partial charge in [-0.2, -0.15) is 0 Å². The summed E-state index contributed by atoms with van der Waals surface area (Å²) in [5, 5.41) is 9.60. The Morgan fingerprint density at radius 1 is 1.16 bits per heavy atom. The molecule has 0 aliphatic rings. The number of hydrogen-bond acceptors (Lipinski definition) is 3. The number of benzene rings is 1. The molecule has 3 heteroatoms. The van der Waals surface area contributed by atoms with Crippen LogP contribution < -0.4 is 0 Å². The van der Waals surface area contributed by atoms with Crippen molar-refractivity contribution in [2.45, 2.75) is 51.9 Å². The van der Waals surface area contributed by atoms with Crippen molar-refractivity contribution in [2.75, 3.05) is 7.11 Å². The first kappa shape index (κ1) is 15.5. The van der Waals surface area contributed by atoms with Gasteiger partial charge in [0, 0.05) is 0 Å². The molecule has 1 N–H and O–H groups in total. The Kier molecular flexibility index (Phi) is 7.01. The van der Waals surface area contributed by atoms with Crippen LogP contribution in [0, 0.1) is 0 Å². The Bertz CT molecular complexity index is 399. The second-order valence-electron chi connectivity index (χ2n) is 4.86. The van der Waals surface area contributed by atoms with Gasteiger partial charge in [-0.15, -0.1) is 0 Å². The maximum atomic E-state index is 11.5. The first-order valence-corrected chi connectivity index (χ1v) is 7.09. The van der Waals surface area contributed by atoms with Crippen LogP contribution in [0.4, 0.5) is 0 Å². The molecule has 0 aliphatic heterocycles. The fourth-order valence-corrected chi connectivity index (χ4v) is 2.12. The fraction of sp³-hybridized carbons (Fsp3) is 0.562. The van der Waals surface area contributed by atoms with Crippen molar-refractivity contribution in [3.8, 4) is 5.75 Å². The molecule has 1 aromatic rings. The molecule has 0 heterocycles. The number of carbonyl (C=O) groups is 1. The van der Waals surface area contributed by atoms with Gasteiger partial charge in [-0.3, -0.25) is 0 Å². The molecule has 106 valence electrons. The van der Waals surface area contributed by atoms with Gasteiger partial charge in [0.05, 0.1) is 7.11 Å². The van der Waals surface area contributed by atoms with Crippen LogP contribution in [0.3, 0.4) is 0 Å². The zero-order valence-corrected chi connectivity index (χ0v) is 11.9. The number of carbonyl (C=O) groups excluding carboxylic acids is 1. The first-order chi connectivity index (χ1) is 9.19. The van der Waals surface area contributed by atoms with Crippen molar-refractivity contribution in [2.24, 2.45) is 0 Å². The Morgan fingerprint density at radius 3 is 2.53 bits per heavy atom. The first-order valence-electron chi connectivity index (χ1n) is 7.09. The lowest BCUT2D eigenvalue weighted by Gasteiger charge is -2.06. The Morgan fingerprint density at radius 2 is 1.84 bits per heavy atom. The molecule has 0 saturated carbocycles. The Labute approximate surface area is 115 Å². The quantitative estimate of drug-likeness (QED) is 0.568. The third-order valence-corrected chi connectivity index (χ3v) is 3.29. The van der Waals surface area contributed by atoms with E-state index < -0.39 is 5.97 Å². The number of aromatic hydroxyl groups is 1. The van der Waals surface area contributed by atoms with Crippen molar-refractivity contribution in [3.63, 3.8) is 0 Å². The summed E-state index contributed by atoms with van der Waals surface area (Å²) in [4.78, 5) is 11.5. The zero-order valence-electron chi connectivity index (χ0n) is 11.9. The van der Waals surface area contributed by atoms with E-state index in [1.165, 1.54) is 39.2 Å². The molecule has 0 fully saturated rings. The lowest BCUT2D eigenvalue weighted by Crippen LogP contribution is -2.02. The number of ether oxygens (including phenoxy) is 1. The predicted molar refractivity (Wildman–Crippen MR) is 76.5 cm³/mol. The SMILES string of the molecule is CCCCCCCCc1ccc(O)c(C(=O)OC)c1. The number of rotatable bonds is 8. The summed E-state index contributed by atoms with van der Waals surface area (Å²) in [5.41, 5.74) is 1.33. The molecule has 0 aromatic heterocycles. The van der Waals surface area contributed by atoms with Gasteiger partial charge in [0.25, 0.3) is 0 Å². The molecule has 1 aromatic carbocycles. The number of methoxy groups -OCH3 is 1. The monoisotopic (exact) mass is 264 g/mol. The minimum Gasteiger partial charge on any atom is -0.507 e. The third kappa shape index (κ3) is 5.33. The molecule has 0 bridgehead atoms. The van der Waals surface area contributed by atoms with Crippen molar-refractivity contribution < 1.29 is 14.6 Å². The smallest absolute Gasteiger partial charge is 0.341 e. The highest BCUT2D eigenvalue weighted by atomic mass is 16.5. The normalized spacial score (nSPS) is 10.4. The minimum atomic E-state index is -0.484. The number of unbranched alkanes of at least 4 members (excludes halogenated alkanes) is 5. The highest BCUT2D eigenvalue weighted by molar-refractivity contribution is 5.92. The van der Waals surface area contributed by atoms with E-state index in [1.807, 2.05) is 6.07 Å². The van der Waals surface area contributed by atoms with Crippen LogP contribution in [-0.2, 0) is 11.2 Å². The highest BCUT2D eigenvalue weighted by Crippen LogP contribution is 2.20. The zero-order chi connectivity index (χ0) is 14.1. The summed E-state index contributed by atoms with van der Waals surface area (Å²) in [6, 6.07) is 5.17. The second kappa shape index (κ2) is 8.57. The van der Waals surface area contributed by atoms with Gasteiger partial charge in [0.2, 0.25) is 0 Å². The average molecular weight is 264 g/mol. The number of aryl methyl sites for hydroxylation is 1. The van der Waals surface area contributed by atoms with E-state index in [0.717, 1.165) is 18.4 Å². The summed E-state index contributed by atoms with van der Waals surface area (Å²) in [6.45, 7) is 2.21. The molecule has 0 unspecified atom stereocenters. The second-order valence-corrected chi connectivity index (χ2v) is 4.86. The molecular formula is C16H24O3. The highest BCUT2D eigenvalue weighted by Gasteiger charge is 2.11. The van der Waals surface area contributed by atoms with Crippen molar-refractivity contribution in [3.05, 3.63) is 29.3 Å². The van der Waals surface area contributed by atoms with E-state index in [2.05, 4.69) is 11.7 Å². The molecule has 0 spiro atoms. The minimum absolute atomic E-state index is 0.0152. The van der Waals surface area contributed by atoms with Gasteiger partial charge in [-0.05, 0) is 30.5 Å². The average Bonchev–Trinajstić information content (AvgIpc) is 2.43. The molecule has 19 heavy (non-hydrogen) atoms. The van der Waals surface area contributed by atoms with Crippen molar-refractivity contribution in [1.82, 2.24) is 0 Å². The largest absolute Gasteiger partial charge is 0.507 e. The molecule has 0 amide bonds.